The summed E-state index contributed by atoms with van der Waals surface area (Å²) in [5, 5.41) is 10.3. The van der Waals surface area contributed by atoms with Crippen LogP contribution in [0.4, 0.5) is 5.69 Å². The van der Waals surface area contributed by atoms with E-state index in [-0.39, 0.29) is 11.5 Å². The second-order valence-corrected chi connectivity index (χ2v) is 9.86. The van der Waals surface area contributed by atoms with Crippen molar-refractivity contribution in [3.8, 4) is 5.75 Å². The van der Waals surface area contributed by atoms with Gasteiger partial charge in [-0.1, -0.05) is 40.2 Å². The third-order valence-corrected chi connectivity index (χ3v) is 6.69. The molecule has 0 bridgehead atoms. The molecule has 1 heterocycles. The van der Waals surface area contributed by atoms with Crippen molar-refractivity contribution in [2.24, 2.45) is 5.10 Å². The van der Waals surface area contributed by atoms with Gasteiger partial charge in [0.25, 0.3) is 11.8 Å². The normalized spacial score (nSPS) is 13.8. The van der Waals surface area contributed by atoms with Crippen molar-refractivity contribution in [3.63, 3.8) is 0 Å². The number of hydrazone groups is 1. The van der Waals surface area contributed by atoms with Gasteiger partial charge in [0, 0.05) is 42.8 Å². The van der Waals surface area contributed by atoms with Crippen LogP contribution in [0.2, 0.25) is 0 Å². The van der Waals surface area contributed by atoms with E-state index in [0.29, 0.717) is 21.5 Å². The van der Waals surface area contributed by atoms with Gasteiger partial charge in [-0.3, -0.25) is 14.5 Å². The number of nitrogens with zero attached hydrogens (tertiary/aromatic N) is 2. The van der Waals surface area contributed by atoms with Crippen LogP contribution in [0.25, 0.3) is 0 Å². The minimum Gasteiger partial charge on any atom is -0.497 e. The maximum absolute atomic E-state index is 13.0. The zero-order valence-electron chi connectivity index (χ0n) is 21.8. The van der Waals surface area contributed by atoms with Gasteiger partial charge in [0.2, 0.25) is 0 Å². The number of anilines is 1. The number of halogens is 1. The van der Waals surface area contributed by atoms with E-state index in [1.165, 1.54) is 6.21 Å². The molecule has 0 unspecified atom stereocenters. The minimum atomic E-state index is -0.454. The Morgan fingerprint density at radius 3 is 2.62 bits per heavy atom. The largest absolute Gasteiger partial charge is 0.497 e. The fourth-order valence-corrected chi connectivity index (χ4v) is 4.39. The Hall–Kier alpha value is -3.57. The number of hydrogen-bond acceptors (Lipinski definition) is 7. The van der Waals surface area contributed by atoms with Crippen LogP contribution in [0.1, 0.15) is 31.8 Å². The summed E-state index contributed by atoms with van der Waals surface area (Å²) in [5.74, 6) is -0.0716. The zero-order chi connectivity index (χ0) is 27.5. The van der Waals surface area contributed by atoms with Crippen LogP contribution in [0.3, 0.4) is 0 Å². The number of hydrogen-bond donors (Lipinski definition) is 3. The van der Waals surface area contributed by atoms with Crippen molar-refractivity contribution in [2.45, 2.75) is 6.54 Å². The first kappa shape index (κ1) is 28.4. The second kappa shape index (κ2) is 14.5. The summed E-state index contributed by atoms with van der Waals surface area (Å²) in [4.78, 5) is 28.2. The lowest BCUT2D eigenvalue weighted by Crippen LogP contribution is -2.40. The lowest BCUT2D eigenvalue weighted by atomic mass is 10.1. The molecule has 0 atom stereocenters. The molecule has 3 aromatic carbocycles. The molecule has 0 radical (unpaired) electrons. The van der Waals surface area contributed by atoms with E-state index >= 15 is 0 Å². The molecule has 1 saturated heterocycles. The molecule has 3 N–H and O–H groups in total. The molecular weight excluding hydrogens is 562 g/mol. The molecule has 0 aromatic heterocycles. The lowest BCUT2D eigenvalue weighted by molar-refractivity contribution is 0.0384. The first-order valence-electron chi connectivity index (χ1n) is 12.7. The van der Waals surface area contributed by atoms with E-state index in [2.05, 4.69) is 42.0 Å². The van der Waals surface area contributed by atoms with Crippen molar-refractivity contribution in [3.05, 3.63) is 93.5 Å². The average molecular weight is 595 g/mol. The van der Waals surface area contributed by atoms with Crippen LogP contribution < -0.4 is 20.8 Å². The molecular formula is C29H32BrN5O4. The minimum absolute atomic E-state index is 0.279. The number of rotatable bonds is 11. The van der Waals surface area contributed by atoms with Crippen LogP contribution >= 0.6 is 15.9 Å². The number of amides is 2. The molecule has 9 nitrogen and oxygen atoms in total. The van der Waals surface area contributed by atoms with E-state index in [1.54, 1.807) is 43.5 Å². The molecule has 39 heavy (non-hydrogen) atoms. The molecule has 0 spiro atoms. The SMILES string of the molecule is COc1cccc(C=NNC(=O)c2cc(Br)ccc2NC(=O)c2ccc(CNCCN3CCOCC3)cc2)c1. The Bertz CT molecular complexity index is 1290. The third kappa shape index (κ3) is 8.72. The third-order valence-electron chi connectivity index (χ3n) is 6.20. The average Bonchev–Trinajstić information content (AvgIpc) is 2.97. The number of methoxy groups -OCH3 is 1. The predicted octanol–water partition coefficient (Wildman–Crippen LogP) is 3.90. The highest BCUT2D eigenvalue weighted by Gasteiger charge is 2.15. The fraction of sp³-hybridized carbons (Fsp3) is 0.276. The van der Waals surface area contributed by atoms with Crippen LogP contribution in [-0.4, -0.2) is 69.4 Å². The van der Waals surface area contributed by atoms with Crippen LogP contribution in [0.15, 0.2) is 76.3 Å². The first-order chi connectivity index (χ1) is 19.0. The van der Waals surface area contributed by atoms with E-state index in [9.17, 15) is 9.59 Å². The molecule has 4 rings (SSSR count). The summed E-state index contributed by atoms with van der Waals surface area (Å²) < 4.78 is 11.3. The van der Waals surface area contributed by atoms with Crippen molar-refractivity contribution >= 4 is 39.6 Å². The summed E-state index contributed by atoms with van der Waals surface area (Å²) in [6, 6.07) is 19.8. The van der Waals surface area contributed by atoms with Gasteiger partial charge in [-0.05, 0) is 53.6 Å². The number of morpholine rings is 1. The maximum Gasteiger partial charge on any atom is 0.273 e. The van der Waals surface area contributed by atoms with Gasteiger partial charge in [-0.2, -0.15) is 5.10 Å². The highest BCUT2D eigenvalue weighted by atomic mass is 79.9. The Kier molecular flexibility index (Phi) is 10.6. The van der Waals surface area contributed by atoms with Gasteiger partial charge in [0.1, 0.15) is 5.75 Å². The Labute approximate surface area is 236 Å². The van der Waals surface area contributed by atoms with Gasteiger partial charge in [0.15, 0.2) is 0 Å². The topological polar surface area (TPSA) is 104 Å². The van der Waals surface area contributed by atoms with E-state index < -0.39 is 5.91 Å². The molecule has 2 amide bonds. The van der Waals surface area contributed by atoms with Gasteiger partial charge >= 0.3 is 0 Å². The quantitative estimate of drug-likeness (QED) is 0.177. The number of benzene rings is 3. The summed E-state index contributed by atoms with van der Waals surface area (Å²) in [7, 11) is 1.58. The zero-order valence-corrected chi connectivity index (χ0v) is 23.4. The summed E-state index contributed by atoms with van der Waals surface area (Å²) in [6.07, 6.45) is 1.52. The summed E-state index contributed by atoms with van der Waals surface area (Å²) in [6.45, 7) is 6.15. The van der Waals surface area contributed by atoms with E-state index in [1.807, 2.05) is 30.3 Å². The molecule has 0 saturated carbocycles. The Morgan fingerprint density at radius 2 is 1.85 bits per heavy atom. The standard InChI is InChI=1S/C29H32BrN5O4/c1-38-25-4-2-3-22(17-25)20-32-34-29(37)26-18-24(30)9-10-27(26)33-28(36)23-7-5-21(6-8-23)19-31-11-12-35-13-15-39-16-14-35/h2-10,17-18,20,31H,11-16,19H2,1H3,(H,33,36)(H,34,37). The van der Waals surface area contributed by atoms with Gasteiger partial charge in [0.05, 0.1) is 37.8 Å². The van der Waals surface area contributed by atoms with E-state index in [4.69, 9.17) is 9.47 Å². The highest BCUT2D eigenvalue weighted by molar-refractivity contribution is 9.10. The molecule has 1 fully saturated rings. The van der Waals surface area contributed by atoms with Gasteiger partial charge < -0.3 is 20.1 Å². The number of carbonyl (C=O) groups is 2. The van der Waals surface area contributed by atoms with Gasteiger partial charge in [-0.15, -0.1) is 0 Å². The number of ether oxygens (including phenoxy) is 2. The number of nitrogens with one attached hydrogen (secondary N) is 3. The molecule has 10 heteroatoms. The van der Waals surface area contributed by atoms with Crippen LogP contribution in [0.5, 0.6) is 5.75 Å². The molecule has 204 valence electrons. The summed E-state index contributed by atoms with van der Waals surface area (Å²) >= 11 is 3.39. The molecule has 0 aliphatic carbocycles. The van der Waals surface area contributed by atoms with Crippen LogP contribution in [0, 0.1) is 0 Å². The smallest absolute Gasteiger partial charge is 0.273 e. The molecule has 1 aliphatic heterocycles. The van der Waals surface area contributed by atoms with Crippen LogP contribution in [-0.2, 0) is 11.3 Å². The monoisotopic (exact) mass is 593 g/mol. The molecule has 1 aliphatic rings. The lowest BCUT2D eigenvalue weighted by Gasteiger charge is -2.26. The first-order valence-corrected chi connectivity index (χ1v) is 13.5. The molecule has 3 aromatic rings. The second-order valence-electron chi connectivity index (χ2n) is 8.95. The predicted molar refractivity (Wildman–Crippen MR) is 156 cm³/mol. The van der Waals surface area contributed by atoms with Crippen molar-refractivity contribution in [1.29, 1.82) is 0 Å². The van der Waals surface area contributed by atoms with E-state index in [0.717, 1.165) is 57.1 Å². The summed E-state index contributed by atoms with van der Waals surface area (Å²) in [5.41, 5.74) is 5.54. The Balaban J connectivity index is 1.32. The number of carbonyl (C=O) groups excluding carboxylic acids is 2. The van der Waals surface area contributed by atoms with Crippen molar-refractivity contribution < 1.29 is 19.1 Å². The van der Waals surface area contributed by atoms with Gasteiger partial charge in [-0.25, -0.2) is 5.43 Å². The van der Waals surface area contributed by atoms with Crippen molar-refractivity contribution in [1.82, 2.24) is 15.6 Å². The fourth-order valence-electron chi connectivity index (χ4n) is 4.02. The Morgan fingerprint density at radius 1 is 1.05 bits per heavy atom. The van der Waals surface area contributed by atoms with Crippen molar-refractivity contribution in [2.75, 3.05) is 51.8 Å². The highest BCUT2D eigenvalue weighted by Crippen LogP contribution is 2.22. The maximum atomic E-state index is 13.0.